The molecule has 0 radical (unpaired) electrons. The van der Waals surface area contributed by atoms with E-state index in [9.17, 15) is 9.59 Å². The summed E-state index contributed by atoms with van der Waals surface area (Å²) >= 11 is 1.24. The first kappa shape index (κ1) is 16.6. The zero-order valence-electron chi connectivity index (χ0n) is 11.6. The van der Waals surface area contributed by atoms with Crippen LogP contribution in [0.5, 0.6) is 0 Å². The fourth-order valence-corrected chi connectivity index (χ4v) is 2.54. The number of carbonyl (C=O) groups is 2. The second kappa shape index (κ2) is 8.65. The van der Waals surface area contributed by atoms with Crippen LogP contribution in [0.1, 0.15) is 60.6 Å². The first-order valence-corrected chi connectivity index (χ1v) is 7.60. The average molecular weight is 299 g/mol. The van der Waals surface area contributed by atoms with Gasteiger partial charge in [-0.15, -0.1) is 11.3 Å². The van der Waals surface area contributed by atoms with Gasteiger partial charge in [-0.3, -0.25) is 4.79 Å². The number of nitrogens with zero attached hydrogens (tertiary/aromatic N) is 1. The van der Waals surface area contributed by atoms with E-state index in [1.807, 2.05) is 0 Å². The third-order valence-corrected chi connectivity index (χ3v) is 3.87. The number of hydrogen-bond donors (Lipinski definition) is 3. The van der Waals surface area contributed by atoms with Crippen molar-refractivity contribution in [3.8, 4) is 0 Å². The molecular weight excluding hydrogens is 278 g/mol. The Balaban J connectivity index is 2.31. The number of aromatic carboxylic acids is 1. The maximum atomic E-state index is 11.7. The Kier molecular flexibility index (Phi) is 7.17. The van der Waals surface area contributed by atoms with Crippen LogP contribution in [0.25, 0.3) is 0 Å². The Labute approximate surface area is 122 Å². The van der Waals surface area contributed by atoms with Gasteiger partial charge in [0.1, 0.15) is 5.01 Å². The lowest BCUT2D eigenvalue weighted by atomic mass is 10.1. The molecule has 1 heterocycles. The lowest BCUT2D eigenvalue weighted by Gasteiger charge is -2.11. The molecular formula is C13H21N3O3S. The third kappa shape index (κ3) is 5.66. The standard InChI is InChI=1S/C13H21N3O3S/c1-9(12-16-10(8-20-12)13(18)19)15-11(17)6-4-2-3-5-7-14/h8-9H,2-7,14H2,1H3,(H,15,17)(H,18,19). The highest BCUT2D eigenvalue weighted by Crippen LogP contribution is 2.18. The predicted octanol–water partition coefficient (Wildman–Crippen LogP) is 1.93. The summed E-state index contributed by atoms with van der Waals surface area (Å²) in [5.74, 6) is -1.08. The van der Waals surface area contributed by atoms with Crippen molar-refractivity contribution in [2.24, 2.45) is 5.73 Å². The molecule has 1 atom stereocenters. The molecule has 0 spiro atoms. The number of amides is 1. The molecule has 20 heavy (non-hydrogen) atoms. The number of rotatable bonds is 9. The van der Waals surface area contributed by atoms with Crippen LogP contribution in [0.3, 0.4) is 0 Å². The van der Waals surface area contributed by atoms with Gasteiger partial charge in [-0.05, 0) is 26.3 Å². The molecule has 7 heteroatoms. The summed E-state index contributed by atoms with van der Waals surface area (Å²) in [5, 5.41) is 13.7. The highest BCUT2D eigenvalue weighted by Gasteiger charge is 2.15. The lowest BCUT2D eigenvalue weighted by Crippen LogP contribution is -2.26. The van der Waals surface area contributed by atoms with E-state index in [-0.39, 0.29) is 17.6 Å². The van der Waals surface area contributed by atoms with Crippen molar-refractivity contribution in [2.75, 3.05) is 6.54 Å². The maximum absolute atomic E-state index is 11.7. The number of thiazole rings is 1. The minimum absolute atomic E-state index is 0.0212. The highest BCUT2D eigenvalue weighted by molar-refractivity contribution is 7.09. The average Bonchev–Trinajstić information content (AvgIpc) is 2.88. The van der Waals surface area contributed by atoms with Crippen LogP contribution in [0, 0.1) is 0 Å². The van der Waals surface area contributed by atoms with Crippen LogP contribution in [0.15, 0.2) is 5.38 Å². The van der Waals surface area contributed by atoms with Gasteiger partial charge >= 0.3 is 5.97 Å². The molecule has 1 rings (SSSR count). The predicted molar refractivity (Wildman–Crippen MR) is 77.8 cm³/mol. The van der Waals surface area contributed by atoms with E-state index in [2.05, 4.69) is 10.3 Å². The molecule has 0 saturated heterocycles. The van der Waals surface area contributed by atoms with Crippen LogP contribution < -0.4 is 11.1 Å². The summed E-state index contributed by atoms with van der Waals surface area (Å²) in [6.07, 6.45) is 4.37. The van der Waals surface area contributed by atoms with Gasteiger partial charge in [-0.25, -0.2) is 9.78 Å². The van der Waals surface area contributed by atoms with Gasteiger partial charge in [0.2, 0.25) is 5.91 Å². The van der Waals surface area contributed by atoms with Crippen LogP contribution in [-0.4, -0.2) is 28.5 Å². The first-order chi connectivity index (χ1) is 9.54. The Hall–Kier alpha value is -1.47. The number of carbonyl (C=O) groups excluding carboxylic acids is 1. The minimum atomic E-state index is -1.05. The summed E-state index contributed by atoms with van der Waals surface area (Å²) in [6, 6.07) is -0.260. The number of nitrogens with two attached hydrogens (primary N) is 1. The monoisotopic (exact) mass is 299 g/mol. The smallest absolute Gasteiger partial charge is 0.355 e. The van der Waals surface area contributed by atoms with E-state index in [1.54, 1.807) is 6.92 Å². The van der Waals surface area contributed by atoms with Gasteiger partial charge in [0, 0.05) is 11.8 Å². The van der Waals surface area contributed by atoms with Gasteiger partial charge in [0.05, 0.1) is 6.04 Å². The molecule has 6 nitrogen and oxygen atoms in total. The third-order valence-electron chi connectivity index (χ3n) is 2.85. The van der Waals surface area contributed by atoms with Crippen molar-refractivity contribution < 1.29 is 14.7 Å². The normalized spacial score (nSPS) is 12.1. The summed E-state index contributed by atoms with van der Waals surface area (Å²) in [4.78, 5) is 26.4. The van der Waals surface area contributed by atoms with E-state index in [0.717, 1.165) is 25.7 Å². The largest absolute Gasteiger partial charge is 0.476 e. The molecule has 1 unspecified atom stereocenters. The molecule has 112 valence electrons. The van der Waals surface area contributed by atoms with Gasteiger partial charge in [0.15, 0.2) is 5.69 Å². The van der Waals surface area contributed by atoms with E-state index in [1.165, 1.54) is 16.7 Å². The summed E-state index contributed by atoms with van der Waals surface area (Å²) in [7, 11) is 0. The molecule has 1 aromatic heterocycles. The lowest BCUT2D eigenvalue weighted by molar-refractivity contribution is -0.121. The van der Waals surface area contributed by atoms with Crippen molar-refractivity contribution in [1.82, 2.24) is 10.3 Å². The molecule has 0 saturated carbocycles. The number of carboxylic acids is 1. The number of unbranched alkanes of at least 4 members (excludes halogenated alkanes) is 3. The molecule has 0 aromatic carbocycles. The summed E-state index contributed by atoms with van der Waals surface area (Å²) < 4.78 is 0. The van der Waals surface area contributed by atoms with Crippen LogP contribution in [0.4, 0.5) is 0 Å². The van der Waals surface area contributed by atoms with E-state index < -0.39 is 5.97 Å². The van der Waals surface area contributed by atoms with Crippen LogP contribution >= 0.6 is 11.3 Å². The number of carboxylic acid groups (broad SMARTS) is 1. The summed E-state index contributed by atoms with van der Waals surface area (Å²) in [5.41, 5.74) is 5.42. The fourth-order valence-electron chi connectivity index (χ4n) is 1.74. The van der Waals surface area contributed by atoms with Crippen molar-refractivity contribution in [3.63, 3.8) is 0 Å². The molecule has 4 N–H and O–H groups in total. The van der Waals surface area contributed by atoms with E-state index >= 15 is 0 Å². The Morgan fingerprint density at radius 2 is 2.10 bits per heavy atom. The number of hydrogen-bond acceptors (Lipinski definition) is 5. The Morgan fingerprint density at radius 3 is 2.70 bits per heavy atom. The Bertz CT molecular complexity index is 448. The van der Waals surface area contributed by atoms with Gasteiger partial charge < -0.3 is 16.2 Å². The fraction of sp³-hybridized carbons (Fsp3) is 0.615. The number of aromatic nitrogens is 1. The highest BCUT2D eigenvalue weighted by atomic mass is 32.1. The molecule has 0 aliphatic carbocycles. The van der Waals surface area contributed by atoms with Gasteiger partial charge in [0.25, 0.3) is 0 Å². The first-order valence-electron chi connectivity index (χ1n) is 6.72. The molecule has 0 bridgehead atoms. The minimum Gasteiger partial charge on any atom is -0.476 e. The molecule has 0 aliphatic rings. The second-order valence-electron chi connectivity index (χ2n) is 4.62. The molecule has 1 amide bonds. The van der Waals surface area contributed by atoms with E-state index in [0.29, 0.717) is 18.0 Å². The van der Waals surface area contributed by atoms with Crippen molar-refractivity contribution in [3.05, 3.63) is 16.1 Å². The Morgan fingerprint density at radius 1 is 1.40 bits per heavy atom. The van der Waals surface area contributed by atoms with E-state index in [4.69, 9.17) is 10.8 Å². The molecule has 0 fully saturated rings. The van der Waals surface area contributed by atoms with Crippen molar-refractivity contribution in [1.29, 1.82) is 0 Å². The van der Waals surface area contributed by atoms with Crippen LogP contribution in [0.2, 0.25) is 0 Å². The van der Waals surface area contributed by atoms with Gasteiger partial charge in [-0.2, -0.15) is 0 Å². The molecule has 0 aliphatic heterocycles. The van der Waals surface area contributed by atoms with Crippen LogP contribution in [-0.2, 0) is 4.79 Å². The molecule has 1 aromatic rings. The quantitative estimate of drug-likeness (QED) is 0.604. The number of nitrogens with one attached hydrogen (secondary N) is 1. The SMILES string of the molecule is CC(NC(=O)CCCCCCN)c1nc(C(=O)O)cs1. The second-order valence-corrected chi connectivity index (χ2v) is 5.51. The summed E-state index contributed by atoms with van der Waals surface area (Å²) in [6.45, 7) is 2.50. The topological polar surface area (TPSA) is 105 Å². The zero-order chi connectivity index (χ0) is 15.0. The zero-order valence-corrected chi connectivity index (χ0v) is 12.4. The van der Waals surface area contributed by atoms with Crippen molar-refractivity contribution >= 4 is 23.2 Å². The van der Waals surface area contributed by atoms with Gasteiger partial charge in [-0.1, -0.05) is 12.8 Å². The maximum Gasteiger partial charge on any atom is 0.355 e. The van der Waals surface area contributed by atoms with Crippen molar-refractivity contribution in [2.45, 2.75) is 45.1 Å².